The van der Waals surface area contributed by atoms with Crippen LogP contribution in [0.25, 0.3) is 0 Å². The maximum absolute atomic E-state index is 3.29. The molecule has 2 nitrogen and oxygen atoms in total. The first-order valence-electron chi connectivity index (χ1n) is 2.93. The minimum Gasteiger partial charge on any atom is -0.255 e. The summed E-state index contributed by atoms with van der Waals surface area (Å²) in [5, 5.41) is 2.31. The van der Waals surface area contributed by atoms with E-state index < -0.39 is 0 Å². The summed E-state index contributed by atoms with van der Waals surface area (Å²) in [4.78, 5) is 0. The van der Waals surface area contributed by atoms with Crippen molar-refractivity contribution in [1.29, 1.82) is 0 Å². The normalized spacial score (nSPS) is 48.0. The van der Waals surface area contributed by atoms with Gasteiger partial charge in [0.2, 0.25) is 0 Å². The predicted molar refractivity (Wildman–Crippen MR) is 27.7 cm³/mol. The van der Waals surface area contributed by atoms with Gasteiger partial charge in [-0.25, -0.2) is 5.01 Å². The van der Waals surface area contributed by atoms with E-state index in [1.807, 2.05) is 0 Å². The molecule has 2 bridgehead atoms. The summed E-state index contributed by atoms with van der Waals surface area (Å²) < 4.78 is 0. The highest BCUT2D eigenvalue weighted by Gasteiger charge is 2.28. The molecule has 0 unspecified atom stereocenters. The van der Waals surface area contributed by atoms with Gasteiger partial charge in [-0.15, -0.1) is 0 Å². The van der Waals surface area contributed by atoms with Crippen molar-refractivity contribution in [3.63, 3.8) is 0 Å². The molecule has 0 aliphatic carbocycles. The highest BCUT2D eigenvalue weighted by Crippen LogP contribution is 2.18. The van der Waals surface area contributed by atoms with Crippen LogP contribution in [0.1, 0.15) is 6.42 Å². The van der Waals surface area contributed by atoms with E-state index in [2.05, 4.69) is 10.4 Å². The quantitative estimate of drug-likeness (QED) is 0.452. The molecule has 0 aromatic rings. The number of hydrazine groups is 1. The molecule has 1 N–H and O–H groups in total. The Balaban J connectivity index is 2.12. The average molecular weight is 98.1 g/mol. The molecule has 0 spiro atoms. The van der Waals surface area contributed by atoms with E-state index in [9.17, 15) is 0 Å². The van der Waals surface area contributed by atoms with Gasteiger partial charge in [0.15, 0.2) is 0 Å². The first-order chi connectivity index (χ1) is 3.45. The molecular weight excluding hydrogens is 88.1 g/mol. The molecule has 0 aromatic carbocycles. The number of fused-ring (bicyclic) bond motifs is 2. The van der Waals surface area contributed by atoms with Crippen LogP contribution < -0.4 is 5.43 Å². The Bertz CT molecular complexity index is 64.1. The van der Waals surface area contributed by atoms with Crippen LogP contribution in [0.3, 0.4) is 0 Å². The third-order valence-corrected chi connectivity index (χ3v) is 1.89. The summed E-state index contributed by atoms with van der Waals surface area (Å²) in [6.45, 7) is 3.82. The Morgan fingerprint density at radius 1 is 1.57 bits per heavy atom. The van der Waals surface area contributed by atoms with Crippen molar-refractivity contribution in [3.8, 4) is 0 Å². The maximum Gasteiger partial charge on any atom is 0.0172 e. The van der Waals surface area contributed by atoms with Gasteiger partial charge in [-0.2, -0.15) is 0 Å². The van der Waals surface area contributed by atoms with Crippen molar-refractivity contribution >= 4 is 0 Å². The molecule has 40 valence electrons. The fourth-order valence-electron chi connectivity index (χ4n) is 1.40. The molecule has 2 aliphatic rings. The van der Waals surface area contributed by atoms with Crippen LogP contribution in [0.4, 0.5) is 0 Å². The summed E-state index contributed by atoms with van der Waals surface area (Å²) in [7, 11) is 0. The van der Waals surface area contributed by atoms with Crippen LogP contribution in [0, 0.1) is 5.92 Å². The van der Waals surface area contributed by atoms with E-state index in [1.165, 1.54) is 26.1 Å². The molecule has 2 heterocycles. The molecule has 0 saturated carbocycles. The monoisotopic (exact) mass is 98.1 g/mol. The molecule has 2 atom stereocenters. The first kappa shape index (κ1) is 3.87. The lowest BCUT2D eigenvalue weighted by molar-refractivity contribution is 0.270. The smallest absolute Gasteiger partial charge is 0.0172 e. The molecule has 2 aliphatic heterocycles. The van der Waals surface area contributed by atoms with Gasteiger partial charge in [0.25, 0.3) is 0 Å². The summed E-state index contributed by atoms with van der Waals surface area (Å²) in [5.41, 5.74) is 3.29. The molecule has 0 aromatic heterocycles. The number of nitrogens with zero attached hydrogens (tertiary/aromatic N) is 1. The van der Waals surface area contributed by atoms with E-state index in [0.717, 1.165) is 5.92 Å². The Labute approximate surface area is 43.5 Å². The minimum absolute atomic E-state index is 0.986. The third-order valence-electron chi connectivity index (χ3n) is 1.89. The Kier molecular flexibility index (Phi) is 0.664. The lowest BCUT2D eigenvalue weighted by Gasteiger charge is -2.11. The molecule has 2 rings (SSSR count). The van der Waals surface area contributed by atoms with Crippen molar-refractivity contribution in [3.05, 3.63) is 0 Å². The summed E-state index contributed by atoms with van der Waals surface area (Å²) in [6.07, 6.45) is 1.42. The number of hydrogen-bond donors (Lipinski definition) is 1. The lowest BCUT2D eigenvalue weighted by atomic mass is 10.1. The van der Waals surface area contributed by atoms with Crippen LogP contribution in [-0.4, -0.2) is 24.6 Å². The first-order valence-corrected chi connectivity index (χ1v) is 2.93. The van der Waals surface area contributed by atoms with Crippen LogP contribution >= 0.6 is 0 Å². The van der Waals surface area contributed by atoms with Crippen molar-refractivity contribution in [2.24, 2.45) is 5.92 Å². The average Bonchev–Trinajstić information content (AvgIpc) is 2.22. The van der Waals surface area contributed by atoms with Gasteiger partial charge >= 0.3 is 0 Å². The fourth-order valence-corrected chi connectivity index (χ4v) is 1.40. The van der Waals surface area contributed by atoms with Crippen molar-refractivity contribution in [2.45, 2.75) is 6.42 Å². The minimum atomic E-state index is 0.986. The summed E-state index contributed by atoms with van der Waals surface area (Å²) in [6, 6.07) is 0. The fraction of sp³-hybridized carbons (Fsp3) is 1.00. The van der Waals surface area contributed by atoms with Crippen LogP contribution in [0.15, 0.2) is 0 Å². The third kappa shape index (κ3) is 0.469. The molecule has 0 amide bonds. The standard InChI is InChI=1S/C5H10N2/c1-2-7-4-5(1)3-6-7/h5-6H,1-4H2/t5-/m0/s1. The molecule has 2 fully saturated rings. The second-order valence-electron chi connectivity index (χ2n) is 2.46. The topological polar surface area (TPSA) is 15.3 Å². The van der Waals surface area contributed by atoms with Crippen molar-refractivity contribution in [2.75, 3.05) is 19.6 Å². The number of hydrogen-bond acceptors (Lipinski definition) is 2. The Morgan fingerprint density at radius 3 is 2.71 bits per heavy atom. The van der Waals surface area contributed by atoms with Gasteiger partial charge in [-0.3, -0.25) is 5.43 Å². The van der Waals surface area contributed by atoms with Gasteiger partial charge in [-0.05, 0) is 12.3 Å². The van der Waals surface area contributed by atoms with E-state index in [-0.39, 0.29) is 0 Å². The zero-order chi connectivity index (χ0) is 4.69. The van der Waals surface area contributed by atoms with Crippen molar-refractivity contribution in [1.82, 2.24) is 10.4 Å². The lowest BCUT2D eigenvalue weighted by Crippen LogP contribution is -2.31. The molecule has 2 heteroatoms. The Hall–Kier alpha value is -0.0800. The van der Waals surface area contributed by atoms with E-state index in [1.54, 1.807) is 0 Å². The van der Waals surface area contributed by atoms with Crippen LogP contribution in [-0.2, 0) is 0 Å². The number of rotatable bonds is 0. The maximum atomic E-state index is 3.29. The molecular formula is C5H10N2. The SMILES string of the molecule is C1C[N@@]2C[C@@H]1CN2. The zero-order valence-corrected chi connectivity index (χ0v) is 4.35. The van der Waals surface area contributed by atoms with Gasteiger partial charge in [-0.1, -0.05) is 0 Å². The summed E-state index contributed by atoms with van der Waals surface area (Å²) in [5.74, 6) is 0.986. The largest absolute Gasteiger partial charge is 0.255 e. The van der Waals surface area contributed by atoms with Crippen LogP contribution in [0.2, 0.25) is 0 Å². The summed E-state index contributed by atoms with van der Waals surface area (Å²) >= 11 is 0. The second-order valence-corrected chi connectivity index (χ2v) is 2.46. The Morgan fingerprint density at radius 2 is 2.57 bits per heavy atom. The van der Waals surface area contributed by atoms with Gasteiger partial charge < -0.3 is 0 Å². The van der Waals surface area contributed by atoms with E-state index >= 15 is 0 Å². The van der Waals surface area contributed by atoms with Crippen molar-refractivity contribution < 1.29 is 0 Å². The van der Waals surface area contributed by atoms with E-state index in [0.29, 0.717) is 0 Å². The van der Waals surface area contributed by atoms with E-state index in [4.69, 9.17) is 0 Å². The predicted octanol–water partition coefficient (Wildman–Crippen LogP) is -0.173. The highest BCUT2D eigenvalue weighted by molar-refractivity contribution is 4.80. The van der Waals surface area contributed by atoms with Gasteiger partial charge in [0.05, 0.1) is 0 Å². The molecule has 7 heavy (non-hydrogen) atoms. The molecule has 2 saturated heterocycles. The molecule has 0 radical (unpaired) electrons. The van der Waals surface area contributed by atoms with Crippen LogP contribution in [0.5, 0.6) is 0 Å². The zero-order valence-electron chi connectivity index (χ0n) is 4.35. The highest BCUT2D eigenvalue weighted by atomic mass is 15.5. The number of nitrogens with one attached hydrogen (secondary N) is 1. The van der Waals surface area contributed by atoms with Gasteiger partial charge in [0.1, 0.15) is 0 Å². The van der Waals surface area contributed by atoms with Gasteiger partial charge in [0, 0.05) is 19.6 Å². The second kappa shape index (κ2) is 1.20.